The molecule has 1 aromatic heterocycles. The third-order valence-corrected chi connectivity index (χ3v) is 6.25. The van der Waals surface area contributed by atoms with Crippen LogP contribution in [0.25, 0.3) is 34.0 Å². The zero-order valence-electron chi connectivity index (χ0n) is 20.1. The van der Waals surface area contributed by atoms with Crippen LogP contribution in [0.3, 0.4) is 0 Å². The lowest BCUT2D eigenvalue weighted by atomic mass is 9.96. The molecule has 0 aliphatic heterocycles. The Hall–Kier alpha value is -3.48. The summed E-state index contributed by atoms with van der Waals surface area (Å²) < 4.78 is 6.07. The molecule has 3 aromatic carbocycles. The Kier molecular flexibility index (Phi) is 8.79. The van der Waals surface area contributed by atoms with Crippen LogP contribution in [-0.2, 0) is 11.3 Å². The molecule has 0 fully saturated rings. The number of benzene rings is 3. The SMILES string of the molecule is CCC(C)C(NCc1cccc(-c2nnc(-c3cccc(-c4ccccc4)c3C)o2)c1)C(=O)O.Cl. The van der Waals surface area contributed by atoms with E-state index in [1.807, 2.05) is 68.4 Å². The second-order valence-electron chi connectivity index (χ2n) is 8.54. The quantitative estimate of drug-likeness (QED) is 0.282. The molecule has 4 aromatic rings. The van der Waals surface area contributed by atoms with Gasteiger partial charge in [-0.05, 0) is 53.3 Å². The van der Waals surface area contributed by atoms with Crippen molar-refractivity contribution in [2.45, 2.75) is 39.8 Å². The summed E-state index contributed by atoms with van der Waals surface area (Å²) in [6.07, 6.45) is 0.791. The number of hydrogen-bond donors (Lipinski definition) is 2. The van der Waals surface area contributed by atoms with Crippen molar-refractivity contribution >= 4 is 18.4 Å². The average Bonchev–Trinajstić information content (AvgIpc) is 3.35. The van der Waals surface area contributed by atoms with Crippen LogP contribution in [0, 0.1) is 12.8 Å². The summed E-state index contributed by atoms with van der Waals surface area (Å²) in [4.78, 5) is 11.6. The van der Waals surface area contributed by atoms with Crippen molar-refractivity contribution in [1.29, 1.82) is 0 Å². The van der Waals surface area contributed by atoms with Crippen molar-refractivity contribution in [3.05, 3.63) is 83.9 Å². The first-order valence-electron chi connectivity index (χ1n) is 11.5. The third kappa shape index (κ3) is 5.96. The van der Waals surface area contributed by atoms with Crippen LogP contribution >= 0.6 is 12.4 Å². The van der Waals surface area contributed by atoms with E-state index in [0.29, 0.717) is 18.3 Å². The van der Waals surface area contributed by atoms with Gasteiger partial charge in [0.05, 0.1) is 0 Å². The van der Waals surface area contributed by atoms with E-state index in [2.05, 4.69) is 40.6 Å². The Morgan fingerprint density at radius 2 is 1.60 bits per heavy atom. The molecule has 2 atom stereocenters. The van der Waals surface area contributed by atoms with Gasteiger partial charge in [-0.25, -0.2) is 0 Å². The number of rotatable bonds is 9. The molecule has 0 radical (unpaired) electrons. The molecule has 0 bridgehead atoms. The molecule has 0 aliphatic rings. The fraction of sp³-hybridized carbons (Fsp3) is 0.250. The number of carbonyl (C=O) groups is 1. The van der Waals surface area contributed by atoms with Crippen LogP contribution in [0.4, 0.5) is 0 Å². The molecule has 2 unspecified atom stereocenters. The number of carboxylic acids is 1. The Morgan fingerprint density at radius 3 is 2.31 bits per heavy atom. The minimum absolute atomic E-state index is 0. The number of aromatic nitrogens is 2. The highest BCUT2D eigenvalue weighted by atomic mass is 35.5. The van der Waals surface area contributed by atoms with E-state index in [9.17, 15) is 9.90 Å². The monoisotopic (exact) mass is 491 g/mol. The normalized spacial score (nSPS) is 12.5. The van der Waals surface area contributed by atoms with Crippen molar-refractivity contribution in [2.75, 3.05) is 0 Å². The Bertz CT molecular complexity index is 1270. The van der Waals surface area contributed by atoms with Gasteiger partial charge in [0.1, 0.15) is 6.04 Å². The first kappa shape index (κ1) is 26.1. The zero-order valence-corrected chi connectivity index (χ0v) is 20.9. The topological polar surface area (TPSA) is 88.3 Å². The number of nitrogens with one attached hydrogen (secondary N) is 1. The lowest BCUT2D eigenvalue weighted by Gasteiger charge is -2.20. The van der Waals surface area contributed by atoms with Gasteiger partial charge in [-0.15, -0.1) is 22.6 Å². The van der Waals surface area contributed by atoms with Gasteiger partial charge in [0.2, 0.25) is 11.8 Å². The highest BCUT2D eigenvalue weighted by molar-refractivity contribution is 5.85. The Labute approximate surface area is 211 Å². The van der Waals surface area contributed by atoms with Gasteiger partial charge in [0.15, 0.2) is 0 Å². The van der Waals surface area contributed by atoms with Gasteiger partial charge in [-0.1, -0.05) is 74.9 Å². The maximum atomic E-state index is 11.6. The van der Waals surface area contributed by atoms with Crippen molar-refractivity contribution < 1.29 is 14.3 Å². The maximum Gasteiger partial charge on any atom is 0.320 e. The van der Waals surface area contributed by atoms with Gasteiger partial charge >= 0.3 is 5.97 Å². The lowest BCUT2D eigenvalue weighted by Crippen LogP contribution is -2.41. The number of aliphatic carboxylic acids is 1. The van der Waals surface area contributed by atoms with Gasteiger partial charge in [0.25, 0.3) is 0 Å². The van der Waals surface area contributed by atoms with Crippen LogP contribution in [-0.4, -0.2) is 27.3 Å². The molecule has 0 saturated heterocycles. The van der Waals surface area contributed by atoms with Crippen LogP contribution < -0.4 is 5.32 Å². The molecule has 6 nitrogen and oxygen atoms in total. The van der Waals surface area contributed by atoms with Gasteiger partial charge in [0, 0.05) is 17.7 Å². The van der Waals surface area contributed by atoms with E-state index in [0.717, 1.165) is 39.8 Å². The number of nitrogens with zero attached hydrogens (tertiary/aromatic N) is 2. The molecule has 0 saturated carbocycles. The largest absolute Gasteiger partial charge is 0.480 e. The molecule has 182 valence electrons. The molecular formula is C28H30ClN3O3. The molecule has 0 spiro atoms. The highest BCUT2D eigenvalue weighted by Crippen LogP contribution is 2.32. The predicted octanol–water partition coefficient (Wildman–Crippen LogP) is 6.39. The van der Waals surface area contributed by atoms with Crippen molar-refractivity contribution in [2.24, 2.45) is 5.92 Å². The molecule has 2 N–H and O–H groups in total. The summed E-state index contributed by atoms with van der Waals surface area (Å²) in [6, 6.07) is 23.4. The second kappa shape index (κ2) is 11.8. The standard InChI is InChI=1S/C28H29N3O3.ClH/c1-4-18(2)25(28(32)33)29-17-20-10-8-13-22(16-20)26-30-31-27(34-26)24-15-9-14-23(19(24)3)21-11-6-5-7-12-21;/h5-16,18,25,29H,4,17H2,1-3H3,(H,32,33);1H. The minimum atomic E-state index is -0.833. The number of carboxylic acid groups (broad SMARTS) is 1. The van der Waals surface area contributed by atoms with E-state index in [-0.39, 0.29) is 18.3 Å². The van der Waals surface area contributed by atoms with E-state index in [4.69, 9.17) is 4.42 Å². The van der Waals surface area contributed by atoms with Crippen molar-refractivity contribution in [3.63, 3.8) is 0 Å². The first-order chi connectivity index (χ1) is 16.5. The average molecular weight is 492 g/mol. The van der Waals surface area contributed by atoms with Crippen LogP contribution in [0.15, 0.2) is 77.2 Å². The fourth-order valence-electron chi connectivity index (χ4n) is 4.06. The summed E-state index contributed by atoms with van der Waals surface area (Å²) in [7, 11) is 0. The van der Waals surface area contributed by atoms with Gasteiger partial charge < -0.3 is 14.8 Å². The Balaban J connectivity index is 0.00000342. The Morgan fingerprint density at radius 1 is 0.943 bits per heavy atom. The summed E-state index contributed by atoms with van der Waals surface area (Å²) in [5.74, 6) is 0.101. The van der Waals surface area contributed by atoms with Gasteiger partial charge in [-0.2, -0.15) is 0 Å². The summed E-state index contributed by atoms with van der Waals surface area (Å²) in [6.45, 7) is 6.43. The summed E-state index contributed by atoms with van der Waals surface area (Å²) in [5, 5.41) is 21.3. The molecule has 35 heavy (non-hydrogen) atoms. The van der Waals surface area contributed by atoms with E-state index < -0.39 is 12.0 Å². The van der Waals surface area contributed by atoms with E-state index in [1.54, 1.807) is 0 Å². The molecule has 0 aliphatic carbocycles. The number of hydrogen-bond acceptors (Lipinski definition) is 5. The minimum Gasteiger partial charge on any atom is -0.480 e. The highest BCUT2D eigenvalue weighted by Gasteiger charge is 2.22. The smallest absolute Gasteiger partial charge is 0.320 e. The second-order valence-corrected chi connectivity index (χ2v) is 8.54. The predicted molar refractivity (Wildman–Crippen MR) is 140 cm³/mol. The van der Waals surface area contributed by atoms with E-state index >= 15 is 0 Å². The maximum absolute atomic E-state index is 11.6. The van der Waals surface area contributed by atoms with Crippen LogP contribution in [0.1, 0.15) is 31.4 Å². The summed E-state index contributed by atoms with van der Waals surface area (Å²) in [5.41, 5.74) is 5.99. The third-order valence-electron chi connectivity index (χ3n) is 6.25. The van der Waals surface area contributed by atoms with Crippen molar-refractivity contribution in [3.8, 4) is 34.0 Å². The first-order valence-corrected chi connectivity index (χ1v) is 11.5. The molecule has 4 rings (SSSR count). The lowest BCUT2D eigenvalue weighted by molar-refractivity contribution is -0.140. The van der Waals surface area contributed by atoms with Gasteiger partial charge in [-0.3, -0.25) is 4.79 Å². The molecular weight excluding hydrogens is 462 g/mol. The fourth-order valence-corrected chi connectivity index (χ4v) is 4.06. The molecule has 7 heteroatoms. The van der Waals surface area contributed by atoms with Crippen LogP contribution in [0.5, 0.6) is 0 Å². The molecule has 0 amide bonds. The number of halogens is 1. The van der Waals surface area contributed by atoms with E-state index in [1.165, 1.54) is 0 Å². The summed E-state index contributed by atoms with van der Waals surface area (Å²) >= 11 is 0. The van der Waals surface area contributed by atoms with Crippen LogP contribution in [0.2, 0.25) is 0 Å². The zero-order chi connectivity index (χ0) is 24.1. The molecule has 1 heterocycles. The van der Waals surface area contributed by atoms with Crippen molar-refractivity contribution in [1.82, 2.24) is 15.5 Å².